The zero-order valence-electron chi connectivity index (χ0n) is 11.7. The van der Waals surface area contributed by atoms with Crippen molar-refractivity contribution in [1.82, 2.24) is 5.06 Å². The Morgan fingerprint density at radius 3 is 2.56 bits per heavy atom. The van der Waals surface area contributed by atoms with Crippen LogP contribution in [-0.4, -0.2) is 40.2 Å². The summed E-state index contributed by atoms with van der Waals surface area (Å²) < 4.78 is 10.7. The van der Waals surface area contributed by atoms with Crippen molar-refractivity contribution in [1.29, 1.82) is 0 Å². The first kappa shape index (κ1) is 15.0. The molecule has 0 fully saturated rings. The third kappa shape index (κ3) is 4.31. The molecule has 0 aromatic heterocycles. The number of carbonyl (C=O) groups excluding carboxylic acids is 1. The van der Waals surface area contributed by atoms with E-state index in [2.05, 4.69) is 0 Å². The molecule has 0 aromatic rings. The van der Waals surface area contributed by atoms with Crippen LogP contribution in [0.15, 0.2) is 12.2 Å². The van der Waals surface area contributed by atoms with Gasteiger partial charge >= 0.3 is 6.09 Å². The van der Waals surface area contributed by atoms with Gasteiger partial charge in [-0.15, -0.1) is 0 Å². The molecule has 0 unspecified atom stereocenters. The Morgan fingerprint density at radius 1 is 1.44 bits per heavy atom. The molecule has 18 heavy (non-hydrogen) atoms. The van der Waals surface area contributed by atoms with Gasteiger partial charge in [0.1, 0.15) is 5.60 Å². The normalized spacial score (nSPS) is 23.5. The van der Waals surface area contributed by atoms with Gasteiger partial charge in [0, 0.05) is 0 Å². The number of ether oxygens (including phenoxy) is 2. The summed E-state index contributed by atoms with van der Waals surface area (Å²) in [5, 5.41) is 10.5. The summed E-state index contributed by atoms with van der Waals surface area (Å²) in [6.45, 7) is 9.10. The minimum Gasteiger partial charge on any atom is -0.442 e. The maximum absolute atomic E-state index is 11.7. The smallest absolute Gasteiger partial charge is 0.434 e. The molecule has 0 heterocycles. The molecule has 5 heteroatoms. The summed E-state index contributed by atoms with van der Waals surface area (Å²) in [5.74, 6) is 0. The largest absolute Gasteiger partial charge is 0.442 e. The number of nitrogens with zero attached hydrogens (tertiary/aromatic N) is 1. The number of amides is 1. The van der Waals surface area contributed by atoms with E-state index >= 15 is 0 Å². The summed E-state index contributed by atoms with van der Waals surface area (Å²) in [6.07, 6.45) is 3.32. The summed E-state index contributed by atoms with van der Waals surface area (Å²) in [4.78, 5) is 11.7. The fourth-order valence-electron chi connectivity index (χ4n) is 1.75. The molecule has 5 nitrogen and oxygen atoms in total. The Bertz CT molecular complexity index is 319. The topological polar surface area (TPSA) is 59.0 Å². The number of hydrogen-bond acceptors (Lipinski definition) is 4. The second-order valence-corrected chi connectivity index (χ2v) is 5.71. The Balaban J connectivity index is 2.60. The number of rotatable bonds is 3. The number of hydroxylamine groups is 2. The van der Waals surface area contributed by atoms with Gasteiger partial charge in [-0.05, 0) is 41.0 Å². The van der Waals surface area contributed by atoms with E-state index < -0.39 is 17.7 Å². The van der Waals surface area contributed by atoms with Crippen molar-refractivity contribution in [3.05, 3.63) is 12.2 Å². The molecular formula is C13H23NO4. The van der Waals surface area contributed by atoms with Crippen LogP contribution in [0.1, 0.15) is 41.0 Å². The fraction of sp³-hybridized carbons (Fsp3) is 0.769. The minimum atomic E-state index is -0.742. The van der Waals surface area contributed by atoms with Crippen LogP contribution >= 0.6 is 0 Å². The van der Waals surface area contributed by atoms with E-state index in [1.54, 1.807) is 20.8 Å². The van der Waals surface area contributed by atoms with Gasteiger partial charge in [-0.2, -0.15) is 5.06 Å². The van der Waals surface area contributed by atoms with E-state index in [9.17, 15) is 10.0 Å². The molecule has 1 aliphatic carbocycles. The fourth-order valence-corrected chi connectivity index (χ4v) is 1.75. The molecule has 1 N–H and O–H groups in total. The van der Waals surface area contributed by atoms with Gasteiger partial charge in [-0.25, -0.2) is 4.79 Å². The van der Waals surface area contributed by atoms with Gasteiger partial charge in [-0.1, -0.05) is 12.2 Å². The second kappa shape index (κ2) is 5.71. The van der Waals surface area contributed by atoms with Crippen molar-refractivity contribution >= 4 is 6.09 Å². The lowest BCUT2D eigenvalue weighted by Crippen LogP contribution is -2.46. The molecule has 104 valence electrons. The molecular weight excluding hydrogens is 234 g/mol. The van der Waals surface area contributed by atoms with Crippen LogP contribution in [0.2, 0.25) is 0 Å². The first-order valence-corrected chi connectivity index (χ1v) is 6.24. The average Bonchev–Trinajstić information content (AvgIpc) is 2.60. The van der Waals surface area contributed by atoms with Crippen molar-refractivity contribution in [2.24, 2.45) is 0 Å². The number of carbonyl (C=O) groups is 1. The summed E-state index contributed by atoms with van der Waals surface area (Å²) in [5.41, 5.74) is -0.626. The van der Waals surface area contributed by atoms with E-state index in [0.717, 1.165) is 0 Å². The predicted molar refractivity (Wildman–Crippen MR) is 67.4 cm³/mol. The Morgan fingerprint density at radius 2 is 2.06 bits per heavy atom. The van der Waals surface area contributed by atoms with Crippen LogP contribution in [0.25, 0.3) is 0 Å². The van der Waals surface area contributed by atoms with Crippen LogP contribution in [0.3, 0.4) is 0 Å². The summed E-state index contributed by atoms with van der Waals surface area (Å²) >= 11 is 0. The molecule has 0 saturated heterocycles. The monoisotopic (exact) mass is 257 g/mol. The average molecular weight is 257 g/mol. The first-order valence-electron chi connectivity index (χ1n) is 6.24. The molecule has 1 amide bonds. The van der Waals surface area contributed by atoms with Crippen molar-refractivity contribution in [3.63, 3.8) is 0 Å². The SMILES string of the molecule is CC(C)O[C@@H]1C=CC[C@H]1N(O)C(=O)OC(C)(C)C. The highest BCUT2D eigenvalue weighted by Gasteiger charge is 2.34. The highest BCUT2D eigenvalue weighted by molar-refractivity contribution is 5.67. The Hall–Kier alpha value is -1.07. The van der Waals surface area contributed by atoms with Crippen molar-refractivity contribution in [2.45, 2.75) is 64.9 Å². The molecule has 1 rings (SSSR count). The maximum atomic E-state index is 11.7. The van der Waals surface area contributed by atoms with Crippen molar-refractivity contribution in [2.75, 3.05) is 0 Å². The van der Waals surface area contributed by atoms with E-state index in [4.69, 9.17) is 9.47 Å². The first-order chi connectivity index (χ1) is 8.20. The van der Waals surface area contributed by atoms with Gasteiger partial charge in [0.2, 0.25) is 0 Å². The van der Waals surface area contributed by atoms with E-state index in [-0.39, 0.29) is 12.2 Å². The molecule has 0 aliphatic heterocycles. The second-order valence-electron chi connectivity index (χ2n) is 5.71. The predicted octanol–water partition coefficient (Wildman–Crippen LogP) is 2.73. The maximum Gasteiger partial charge on any atom is 0.434 e. The van der Waals surface area contributed by atoms with Gasteiger partial charge in [0.15, 0.2) is 0 Å². The highest BCUT2D eigenvalue weighted by atomic mass is 16.6. The van der Waals surface area contributed by atoms with Crippen LogP contribution in [0.5, 0.6) is 0 Å². The quantitative estimate of drug-likeness (QED) is 0.480. The Kier molecular flexibility index (Phi) is 4.76. The minimum absolute atomic E-state index is 0.0345. The van der Waals surface area contributed by atoms with Crippen molar-refractivity contribution < 1.29 is 19.5 Å². The third-order valence-electron chi connectivity index (χ3n) is 2.41. The van der Waals surface area contributed by atoms with E-state index in [1.807, 2.05) is 26.0 Å². The lowest BCUT2D eigenvalue weighted by Gasteiger charge is -2.30. The van der Waals surface area contributed by atoms with Gasteiger partial charge < -0.3 is 9.47 Å². The van der Waals surface area contributed by atoms with Crippen LogP contribution in [0.4, 0.5) is 4.79 Å². The van der Waals surface area contributed by atoms with Gasteiger partial charge in [0.25, 0.3) is 0 Å². The highest BCUT2D eigenvalue weighted by Crippen LogP contribution is 2.22. The van der Waals surface area contributed by atoms with Crippen LogP contribution in [-0.2, 0) is 9.47 Å². The van der Waals surface area contributed by atoms with Crippen molar-refractivity contribution in [3.8, 4) is 0 Å². The molecule has 0 spiro atoms. The molecule has 0 bridgehead atoms. The standard InChI is InChI=1S/C13H23NO4/c1-9(2)17-11-8-6-7-10(11)14(16)12(15)18-13(3,4)5/h6,8-11,16H,7H2,1-5H3/t10-,11-/m1/s1. The van der Waals surface area contributed by atoms with E-state index in [0.29, 0.717) is 11.5 Å². The zero-order valence-corrected chi connectivity index (χ0v) is 11.7. The molecule has 2 atom stereocenters. The molecule has 0 aromatic carbocycles. The Labute approximate surface area is 108 Å². The lowest BCUT2D eigenvalue weighted by molar-refractivity contribution is -0.146. The number of hydrogen-bond donors (Lipinski definition) is 1. The lowest BCUT2D eigenvalue weighted by atomic mass is 10.2. The van der Waals surface area contributed by atoms with Gasteiger partial charge in [0.05, 0.1) is 18.2 Å². The molecule has 1 aliphatic rings. The van der Waals surface area contributed by atoms with E-state index in [1.165, 1.54) is 0 Å². The molecule has 0 saturated carbocycles. The zero-order chi connectivity index (χ0) is 13.9. The van der Waals surface area contributed by atoms with Crippen LogP contribution in [0, 0.1) is 0 Å². The van der Waals surface area contributed by atoms with Gasteiger partial charge in [-0.3, -0.25) is 5.21 Å². The molecule has 0 radical (unpaired) electrons. The third-order valence-corrected chi connectivity index (χ3v) is 2.41. The summed E-state index contributed by atoms with van der Waals surface area (Å²) in [7, 11) is 0. The van der Waals surface area contributed by atoms with Crippen LogP contribution < -0.4 is 0 Å². The summed E-state index contributed by atoms with van der Waals surface area (Å²) in [6, 6.07) is -0.415.